The number of nitrogens with one attached hydrogen (secondary N) is 1. The average molecular weight is 554 g/mol. The van der Waals surface area contributed by atoms with Crippen molar-refractivity contribution in [2.45, 2.75) is 25.9 Å². The van der Waals surface area contributed by atoms with E-state index in [0.29, 0.717) is 11.5 Å². The average Bonchev–Trinajstić information content (AvgIpc) is 2.92. The Labute approximate surface area is 230 Å². The van der Waals surface area contributed by atoms with Crippen LogP contribution in [0.3, 0.4) is 0 Å². The maximum Gasteiger partial charge on any atom is 0.244 e. The summed E-state index contributed by atoms with van der Waals surface area (Å²) in [5, 5.41) is 2.67. The number of hydrogen-bond acceptors (Lipinski definition) is 6. The Bertz CT molecular complexity index is 1400. The molecule has 0 spiro atoms. The van der Waals surface area contributed by atoms with Crippen LogP contribution in [0, 0.1) is 6.92 Å². The fourth-order valence-corrected chi connectivity index (χ4v) is 5.16. The molecule has 0 aliphatic heterocycles. The molecule has 0 bridgehead atoms. The first-order chi connectivity index (χ1) is 18.6. The van der Waals surface area contributed by atoms with Crippen LogP contribution >= 0.6 is 0 Å². The molecule has 0 saturated heterocycles. The number of likely N-dealkylation sites (N-methyl/N-ethyl adjacent to an activating group) is 1. The van der Waals surface area contributed by atoms with Crippen LogP contribution < -0.4 is 19.1 Å². The lowest BCUT2D eigenvalue weighted by Crippen LogP contribution is -2.52. The van der Waals surface area contributed by atoms with Crippen molar-refractivity contribution in [1.29, 1.82) is 0 Å². The molecule has 1 atom stereocenters. The van der Waals surface area contributed by atoms with Gasteiger partial charge in [0.2, 0.25) is 21.8 Å². The lowest BCUT2D eigenvalue weighted by Gasteiger charge is -2.33. The van der Waals surface area contributed by atoms with Gasteiger partial charge in [-0.25, -0.2) is 8.42 Å². The third kappa shape index (κ3) is 7.73. The summed E-state index contributed by atoms with van der Waals surface area (Å²) in [6, 6.07) is 20.8. The van der Waals surface area contributed by atoms with E-state index in [9.17, 15) is 18.0 Å². The molecule has 0 aliphatic rings. The lowest BCUT2D eigenvalue weighted by atomic mass is 10.0. The number of amides is 2. The first kappa shape index (κ1) is 29.5. The zero-order valence-electron chi connectivity index (χ0n) is 22.9. The molecule has 3 aromatic carbocycles. The van der Waals surface area contributed by atoms with Crippen molar-refractivity contribution in [2.75, 3.05) is 38.4 Å². The minimum Gasteiger partial charge on any atom is -0.493 e. The number of benzene rings is 3. The molecule has 0 aliphatic carbocycles. The third-order valence-electron chi connectivity index (χ3n) is 6.29. The van der Waals surface area contributed by atoms with Gasteiger partial charge in [0.05, 0.1) is 26.2 Å². The topological polar surface area (TPSA) is 105 Å². The minimum absolute atomic E-state index is 0.120. The summed E-state index contributed by atoms with van der Waals surface area (Å²) in [7, 11) is 0.543. The molecule has 2 amide bonds. The zero-order valence-corrected chi connectivity index (χ0v) is 23.7. The normalized spacial score (nSPS) is 11.8. The van der Waals surface area contributed by atoms with Crippen LogP contribution in [0.25, 0.3) is 0 Å². The SMILES string of the molecule is CNC(=O)[C@@H](Cc1ccccc1)N(Cc1cccc(C)c1)C(=O)CN(c1ccc(OC)c(OC)c1)S(C)(=O)=O. The Morgan fingerprint density at radius 1 is 0.897 bits per heavy atom. The fourth-order valence-electron chi connectivity index (χ4n) is 4.32. The summed E-state index contributed by atoms with van der Waals surface area (Å²) in [6.45, 7) is 1.55. The number of hydrogen-bond donors (Lipinski definition) is 1. The van der Waals surface area contributed by atoms with Crippen molar-refractivity contribution < 1.29 is 27.5 Å². The molecular weight excluding hydrogens is 518 g/mol. The highest BCUT2D eigenvalue weighted by atomic mass is 32.2. The van der Waals surface area contributed by atoms with Gasteiger partial charge in [-0.2, -0.15) is 0 Å². The van der Waals surface area contributed by atoms with Gasteiger partial charge in [-0.05, 0) is 30.2 Å². The highest BCUT2D eigenvalue weighted by Gasteiger charge is 2.32. The molecule has 0 aromatic heterocycles. The van der Waals surface area contributed by atoms with Crippen LogP contribution in [0.5, 0.6) is 11.5 Å². The molecule has 39 heavy (non-hydrogen) atoms. The van der Waals surface area contributed by atoms with Gasteiger partial charge in [0, 0.05) is 26.1 Å². The Morgan fingerprint density at radius 3 is 2.15 bits per heavy atom. The molecule has 0 radical (unpaired) electrons. The molecule has 0 heterocycles. The minimum atomic E-state index is -3.89. The molecule has 0 saturated carbocycles. The molecule has 3 rings (SSSR count). The second kappa shape index (κ2) is 13.1. The van der Waals surface area contributed by atoms with E-state index >= 15 is 0 Å². The second-order valence-electron chi connectivity index (χ2n) is 9.14. The summed E-state index contributed by atoms with van der Waals surface area (Å²) in [5.41, 5.74) is 2.93. The van der Waals surface area contributed by atoms with E-state index in [0.717, 1.165) is 27.3 Å². The zero-order chi connectivity index (χ0) is 28.6. The van der Waals surface area contributed by atoms with Gasteiger partial charge in [-0.1, -0.05) is 60.2 Å². The van der Waals surface area contributed by atoms with Gasteiger partial charge in [0.1, 0.15) is 12.6 Å². The molecule has 1 N–H and O–H groups in total. The van der Waals surface area contributed by atoms with Crippen LogP contribution in [0.15, 0.2) is 72.8 Å². The molecule has 3 aromatic rings. The molecule has 208 valence electrons. The summed E-state index contributed by atoms with van der Waals surface area (Å²) >= 11 is 0. The van der Waals surface area contributed by atoms with Crippen molar-refractivity contribution in [2.24, 2.45) is 0 Å². The van der Waals surface area contributed by atoms with Gasteiger partial charge in [-0.3, -0.25) is 13.9 Å². The first-order valence-corrected chi connectivity index (χ1v) is 14.2. The van der Waals surface area contributed by atoms with Gasteiger partial charge in [0.25, 0.3) is 0 Å². The van der Waals surface area contributed by atoms with Crippen molar-refractivity contribution in [3.63, 3.8) is 0 Å². The molecule has 0 unspecified atom stereocenters. The smallest absolute Gasteiger partial charge is 0.244 e. The number of anilines is 1. The van der Waals surface area contributed by atoms with Crippen LogP contribution in [0.1, 0.15) is 16.7 Å². The largest absolute Gasteiger partial charge is 0.493 e. The number of ether oxygens (including phenoxy) is 2. The Hall–Kier alpha value is -4.05. The highest BCUT2D eigenvalue weighted by molar-refractivity contribution is 7.92. The molecule has 9 nitrogen and oxygen atoms in total. The number of methoxy groups -OCH3 is 2. The predicted octanol–water partition coefficient (Wildman–Crippen LogP) is 3.16. The third-order valence-corrected chi connectivity index (χ3v) is 7.43. The number of carbonyl (C=O) groups is 2. The molecule has 0 fully saturated rings. The van der Waals surface area contributed by atoms with E-state index in [-0.39, 0.29) is 24.6 Å². The van der Waals surface area contributed by atoms with Crippen molar-refractivity contribution in [3.05, 3.63) is 89.5 Å². The maximum absolute atomic E-state index is 14.0. The number of aryl methyl sites for hydroxylation is 1. The highest BCUT2D eigenvalue weighted by Crippen LogP contribution is 2.32. The summed E-state index contributed by atoms with van der Waals surface area (Å²) in [5.74, 6) is -0.136. The second-order valence-corrected chi connectivity index (χ2v) is 11.0. The maximum atomic E-state index is 14.0. The van der Waals surface area contributed by atoms with E-state index in [1.54, 1.807) is 12.1 Å². The number of nitrogens with zero attached hydrogens (tertiary/aromatic N) is 2. The monoisotopic (exact) mass is 553 g/mol. The van der Waals surface area contributed by atoms with E-state index in [2.05, 4.69) is 5.32 Å². The predicted molar refractivity (Wildman–Crippen MR) is 151 cm³/mol. The number of carbonyl (C=O) groups excluding carboxylic acids is 2. The standard InChI is InChI=1S/C29H35N3O6S/c1-21-10-9-13-23(16-21)19-31(25(29(34)30-2)17-22-11-7-6-8-12-22)28(33)20-32(39(5,35)36)24-14-15-26(37-3)27(18-24)38-4/h6-16,18,25H,17,19-20H2,1-5H3,(H,30,34)/t25-/m1/s1. The van der Waals surface area contributed by atoms with E-state index in [1.807, 2.05) is 61.5 Å². The molecular formula is C29H35N3O6S. The van der Waals surface area contributed by atoms with Gasteiger partial charge in [0.15, 0.2) is 11.5 Å². The summed E-state index contributed by atoms with van der Waals surface area (Å²) in [6.07, 6.45) is 1.29. The van der Waals surface area contributed by atoms with Crippen molar-refractivity contribution in [3.8, 4) is 11.5 Å². The number of rotatable bonds is 12. The van der Waals surface area contributed by atoms with E-state index in [1.165, 1.54) is 32.2 Å². The van der Waals surface area contributed by atoms with E-state index in [4.69, 9.17) is 9.47 Å². The van der Waals surface area contributed by atoms with Crippen LogP contribution in [0.4, 0.5) is 5.69 Å². The first-order valence-electron chi connectivity index (χ1n) is 12.4. The van der Waals surface area contributed by atoms with E-state index < -0.39 is 28.5 Å². The van der Waals surface area contributed by atoms with Crippen LogP contribution in [-0.4, -0.2) is 65.2 Å². The van der Waals surface area contributed by atoms with Gasteiger partial charge >= 0.3 is 0 Å². The quantitative estimate of drug-likeness (QED) is 0.370. The van der Waals surface area contributed by atoms with Crippen LogP contribution in [0.2, 0.25) is 0 Å². The molecule has 10 heteroatoms. The Kier molecular flexibility index (Phi) is 9.95. The summed E-state index contributed by atoms with van der Waals surface area (Å²) < 4.78 is 37.4. The summed E-state index contributed by atoms with van der Waals surface area (Å²) in [4.78, 5) is 28.6. The number of sulfonamides is 1. The van der Waals surface area contributed by atoms with Crippen molar-refractivity contribution in [1.82, 2.24) is 10.2 Å². The Morgan fingerprint density at radius 2 is 1.56 bits per heavy atom. The fraction of sp³-hybridized carbons (Fsp3) is 0.310. The van der Waals surface area contributed by atoms with Crippen molar-refractivity contribution >= 4 is 27.5 Å². The van der Waals surface area contributed by atoms with Crippen LogP contribution in [-0.2, 0) is 32.6 Å². The van der Waals surface area contributed by atoms with Gasteiger partial charge < -0.3 is 19.7 Å². The lowest BCUT2D eigenvalue weighted by molar-refractivity contribution is -0.139. The Balaban J connectivity index is 2.05. The van der Waals surface area contributed by atoms with Gasteiger partial charge in [-0.15, -0.1) is 0 Å².